The van der Waals surface area contributed by atoms with Crippen LogP contribution in [-0.4, -0.2) is 30.0 Å². The van der Waals surface area contributed by atoms with Gasteiger partial charge in [0.25, 0.3) is 0 Å². The fraction of sp³-hybridized carbons (Fsp3) is 0.778. The normalized spacial score (nSPS) is 12.8. The number of hydrogen-bond donors (Lipinski definition) is 2. The van der Waals surface area contributed by atoms with Crippen LogP contribution in [0.4, 0.5) is 4.79 Å². The molecule has 80 valence electrons. The zero-order chi connectivity index (χ0) is 11.2. The van der Waals surface area contributed by atoms with Crippen LogP contribution < -0.4 is 5.32 Å². The Morgan fingerprint density at radius 1 is 1.64 bits per heavy atom. The number of aliphatic hydroxyl groups is 1. The third-order valence-electron chi connectivity index (χ3n) is 1.29. The number of alkyl carbamates (subject to hydrolysis) is 1. The van der Waals surface area contributed by atoms with E-state index in [0.29, 0.717) is 0 Å². The zero-order valence-electron chi connectivity index (χ0n) is 8.70. The topological polar surface area (TPSA) is 82.3 Å². The number of carbonyl (C=O) groups excluding carboxylic acids is 1. The zero-order valence-corrected chi connectivity index (χ0v) is 8.70. The smallest absolute Gasteiger partial charge is 0.407 e. The molecule has 0 aromatic heterocycles. The van der Waals surface area contributed by atoms with E-state index in [0.717, 1.165) is 0 Å². The first-order chi connectivity index (χ1) is 6.39. The lowest BCUT2D eigenvalue weighted by Crippen LogP contribution is -2.35. The number of nitriles is 1. The van der Waals surface area contributed by atoms with E-state index in [2.05, 4.69) is 5.32 Å². The monoisotopic (exact) mass is 200 g/mol. The van der Waals surface area contributed by atoms with E-state index in [1.807, 2.05) is 6.07 Å². The molecule has 0 aromatic carbocycles. The molecule has 0 radical (unpaired) electrons. The van der Waals surface area contributed by atoms with Gasteiger partial charge in [0.15, 0.2) is 0 Å². The van der Waals surface area contributed by atoms with Crippen molar-refractivity contribution in [3.63, 3.8) is 0 Å². The first-order valence-electron chi connectivity index (χ1n) is 4.36. The number of aliphatic hydroxyl groups excluding tert-OH is 1. The molecular formula is C9H16N2O3. The van der Waals surface area contributed by atoms with Crippen LogP contribution in [0.15, 0.2) is 0 Å². The third-order valence-corrected chi connectivity index (χ3v) is 1.29. The molecule has 1 amide bonds. The second kappa shape index (κ2) is 5.45. The summed E-state index contributed by atoms with van der Waals surface area (Å²) in [4.78, 5) is 11.1. The van der Waals surface area contributed by atoms with Gasteiger partial charge in [0.05, 0.1) is 18.6 Å². The van der Waals surface area contributed by atoms with Gasteiger partial charge in [-0.05, 0) is 20.8 Å². The van der Waals surface area contributed by atoms with E-state index < -0.39 is 17.6 Å². The maximum atomic E-state index is 11.1. The van der Waals surface area contributed by atoms with Gasteiger partial charge in [0.1, 0.15) is 5.60 Å². The Morgan fingerprint density at radius 2 is 2.21 bits per heavy atom. The molecule has 1 unspecified atom stereocenters. The fourth-order valence-electron chi connectivity index (χ4n) is 0.672. The first-order valence-corrected chi connectivity index (χ1v) is 4.36. The van der Waals surface area contributed by atoms with Crippen molar-refractivity contribution in [2.24, 2.45) is 5.92 Å². The van der Waals surface area contributed by atoms with Gasteiger partial charge in [0, 0.05) is 6.54 Å². The van der Waals surface area contributed by atoms with Crippen molar-refractivity contribution in [2.75, 3.05) is 13.2 Å². The molecule has 1 atom stereocenters. The molecule has 0 heterocycles. The quantitative estimate of drug-likeness (QED) is 0.700. The highest BCUT2D eigenvalue weighted by atomic mass is 16.6. The predicted molar refractivity (Wildman–Crippen MR) is 50.4 cm³/mol. The molecule has 0 aromatic rings. The minimum Gasteiger partial charge on any atom is -0.444 e. The Labute approximate surface area is 83.7 Å². The second-order valence-corrected chi connectivity index (χ2v) is 3.89. The Balaban J connectivity index is 3.81. The summed E-state index contributed by atoms with van der Waals surface area (Å²) in [6.07, 6.45) is -0.578. The highest BCUT2D eigenvalue weighted by Crippen LogP contribution is 2.06. The van der Waals surface area contributed by atoms with Gasteiger partial charge in [-0.2, -0.15) is 5.26 Å². The minimum atomic E-state index is -0.581. The standard InChI is InChI=1S/C9H16N2O3/c1-9(2,3)14-8(13)11-5-7(4-10)6-12/h7,12H,5-6H2,1-3H3,(H,11,13). The van der Waals surface area contributed by atoms with Crippen molar-refractivity contribution in [2.45, 2.75) is 26.4 Å². The molecule has 5 nitrogen and oxygen atoms in total. The van der Waals surface area contributed by atoms with Crippen molar-refractivity contribution in [1.29, 1.82) is 5.26 Å². The number of hydrogen-bond acceptors (Lipinski definition) is 4. The summed E-state index contributed by atoms with van der Waals surface area (Å²) in [7, 11) is 0. The lowest BCUT2D eigenvalue weighted by molar-refractivity contribution is 0.0519. The van der Waals surface area contributed by atoms with E-state index in [1.165, 1.54) is 0 Å². The molecule has 0 aliphatic heterocycles. The Kier molecular flexibility index (Phi) is 4.95. The average Bonchev–Trinajstić information content (AvgIpc) is 2.03. The van der Waals surface area contributed by atoms with Gasteiger partial charge in [-0.15, -0.1) is 0 Å². The molecule has 0 spiro atoms. The molecule has 14 heavy (non-hydrogen) atoms. The van der Waals surface area contributed by atoms with Crippen molar-refractivity contribution >= 4 is 6.09 Å². The number of ether oxygens (including phenoxy) is 1. The largest absolute Gasteiger partial charge is 0.444 e. The molecule has 2 N–H and O–H groups in total. The maximum absolute atomic E-state index is 11.1. The van der Waals surface area contributed by atoms with Crippen molar-refractivity contribution in [1.82, 2.24) is 5.32 Å². The van der Waals surface area contributed by atoms with E-state index in [4.69, 9.17) is 15.1 Å². The molecule has 0 aliphatic rings. The summed E-state index contributed by atoms with van der Waals surface area (Å²) < 4.78 is 4.94. The van der Waals surface area contributed by atoms with Gasteiger partial charge < -0.3 is 15.2 Å². The second-order valence-electron chi connectivity index (χ2n) is 3.89. The SMILES string of the molecule is CC(C)(C)OC(=O)NCC(C#N)CO. The maximum Gasteiger partial charge on any atom is 0.407 e. The molecule has 0 aliphatic carbocycles. The number of carbonyl (C=O) groups is 1. The van der Waals surface area contributed by atoms with Crippen LogP contribution >= 0.6 is 0 Å². The Morgan fingerprint density at radius 3 is 2.57 bits per heavy atom. The molecule has 0 fully saturated rings. The number of amides is 1. The van der Waals surface area contributed by atoms with Crippen LogP contribution in [0.5, 0.6) is 0 Å². The van der Waals surface area contributed by atoms with E-state index in [1.54, 1.807) is 20.8 Å². The molecule has 5 heteroatoms. The third kappa shape index (κ3) is 6.26. The number of nitrogens with one attached hydrogen (secondary N) is 1. The number of nitrogens with zero attached hydrogens (tertiary/aromatic N) is 1. The lowest BCUT2D eigenvalue weighted by atomic mass is 10.2. The summed E-state index contributed by atoms with van der Waals surface area (Å²) >= 11 is 0. The first kappa shape index (κ1) is 12.7. The molecule has 0 saturated carbocycles. The van der Waals surface area contributed by atoms with E-state index in [9.17, 15) is 4.79 Å². The average molecular weight is 200 g/mol. The minimum absolute atomic E-state index is 0.0991. The summed E-state index contributed by atoms with van der Waals surface area (Å²) in [5, 5.41) is 19.5. The van der Waals surface area contributed by atoms with Crippen LogP contribution in [0.3, 0.4) is 0 Å². The van der Waals surface area contributed by atoms with Crippen molar-refractivity contribution in [3.05, 3.63) is 0 Å². The van der Waals surface area contributed by atoms with Gasteiger partial charge in [0.2, 0.25) is 0 Å². The molecule has 0 saturated heterocycles. The molecular weight excluding hydrogens is 184 g/mol. The Hall–Kier alpha value is -1.28. The van der Waals surface area contributed by atoms with Crippen LogP contribution in [0.2, 0.25) is 0 Å². The van der Waals surface area contributed by atoms with Crippen molar-refractivity contribution < 1.29 is 14.6 Å². The highest BCUT2D eigenvalue weighted by Gasteiger charge is 2.16. The van der Waals surface area contributed by atoms with E-state index >= 15 is 0 Å². The van der Waals surface area contributed by atoms with Gasteiger partial charge in [-0.1, -0.05) is 0 Å². The molecule has 0 bridgehead atoms. The van der Waals surface area contributed by atoms with Gasteiger partial charge in [-0.25, -0.2) is 4.79 Å². The molecule has 0 rings (SSSR count). The van der Waals surface area contributed by atoms with Gasteiger partial charge in [-0.3, -0.25) is 0 Å². The number of rotatable bonds is 3. The van der Waals surface area contributed by atoms with Crippen LogP contribution in [0.1, 0.15) is 20.8 Å². The van der Waals surface area contributed by atoms with Crippen LogP contribution in [-0.2, 0) is 4.74 Å². The Bertz CT molecular complexity index is 227. The highest BCUT2D eigenvalue weighted by molar-refractivity contribution is 5.67. The van der Waals surface area contributed by atoms with Crippen LogP contribution in [0, 0.1) is 17.2 Å². The summed E-state index contributed by atoms with van der Waals surface area (Å²) in [5.41, 5.74) is -0.550. The summed E-state index contributed by atoms with van der Waals surface area (Å²) in [5.74, 6) is -0.581. The van der Waals surface area contributed by atoms with Crippen LogP contribution in [0.25, 0.3) is 0 Å². The summed E-state index contributed by atoms with van der Waals surface area (Å²) in [6, 6.07) is 1.85. The van der Waals surface area contributed by atoms with Crippen molar-refractivity contribution in [3.8, 4) is 6.07 Å². The fourth-order valence-corrected chi connectivity index (χ4v) is 0.672. The lowest BCUT2D eigenvalue weighted by Gasteiger charge is -2.20. The predicted octanol–water partition coefficient (Wildman–Crippen LogP) is 0.643. The van der Waals surface area contributed by atoms with Gasteiger partial charge >= 0.3 is 6.09 Å². The summed E-state index contributed by atoms with van der Waals surface area (Å²) in [6.45, 7) is 5.08. The van der Waals surface area contributed by atoms with E-state index in [-0.39, 0.29) is 13.2 Å².